The van der Waals surface area contributed by atoms with Crippen LogP contribution in [0.5, 0.6) is 0 Å². The molecule has 2 aromatic carbocycles. The summed E-state index contributed by atoms with van der Waals surface area (Å²) < 4.78 is 0. The fourth-order valence-electron chi connectivity index (χ4n) is 3.27. The minimum atomic E-state index is -0.876. The van der Waals surface area contributed by atoms with E-state index in [1.54, 1.807) is 18.2 Å². The van der Waals surface area contributed by atoms with Crippen LogP contribution in [-0.4, -0.2) is 11.1 Å². The van der Waals surface area contributed by atoms with Crippen molar-refractivity contribution in [3.05, 3.63) is 70.8 Å². The third kappa shape index (κ3) is 3.04. The van der Waals surface area contributed by atoms with E-state index in [9.17, 15) is 4.79 Å². The van der Waals surface area contributed by atoms with Gasteiger partial charge in [-0.1, -0.05) is 43.3 Å². The molecule has 0 saturated carbocycles. The molecule has 1 aliphatic carbocycles. The molecule has 2 aromatic rings. The van der Waals surface area contributed by atoms with Gasteiger partial charge < -0.3 is 10.4 Å². The van der Waals surface area contributed by atoms with Gasteiger partial charge in [-0.05, 0) is 47.6 Å². The number of fused-ring (bicyclic) bond motifs is 1. The summed E-state index contributed by atoms with van der Waals surface area (Å²) in [6, 6.07) is 16.1. The predicted octanol–water partition coefficient (Wildman–Crippen LogP) is 4.11. The maximum atomic E-state index is 11.0. The van der Waals surface area contributed by atoms with Crippen LogP contribution in [-0.2, 0) is 6.54 Å². The molecule has 2 unspecified atom stereocenters. The van der Waals surface area contributed by atoms with E-state index in [1.807, 2.05) is 6.07 Å². The highest BCUT2D eigenvalue weighted by atomic mass is 16.4. The SMILES string of the molecule is CC1CCC(NCc2cccc(C(=O)O)c2)c2ccccc21. The van der Waals surface area contributed by atoms with Crippen molar-refractivity contribution in [1.29, 1.82) is 0 Å². The first kappa shape index (κ1) is 14.8. The molecule has 22 heavy (non-hydrogen) atoms. The zero-order chi connectivity index (χ0) is 15.5. The van der Waals surface area contributed by atoms with Crippen molar-refractivity contribution < 1.29 is 9.90 Å². The number of carboxylic acid groups (broad SMARTS) is 1. The summed E-state index contributed by atoms with van der Waals surface area (Å²) >= 11 is 0. The van der Waals surface area contributed by atoms with Crippen molar-refractivity contribution in [2.24, 2.45) is 0 Å². The Morgan fingerprint density at radius 2 is 1.91 bits per heavy atom. The van der Waals surface area contributed by atoms with Crippen LogP contribution in [0.3, 0.4) is 0 Å². The van der Waals surface area contributed by atoms with Gasteiger partial charge in [0.05, 0.1) is 5.56 Å². The number of hydrogen-bond acceptors (Lipinski definition) is 2. The van der Waals surface area contributed by atoms with E-state index in [-0.39, 0.29) is 0 Å². The van der Waals surface area contributed by atoms with Crippen LogP contribution in [0.4, 0.5) is 0 Å². The van der Waals surface area contributed by atoms with Gasteiger partial charge in [-0.25, -0.2) is 4.79 Å². The molecule has 3 heteroatoms. The average Bonchev–Trinajstić information content (AvgIpc) is 2.55. The molecule has 0 fully saturated rings. The molecule has 0 aromatic heterocycles. The van der Waals surface area contributed by atoms with Crippen LogP contribution in [0.25, 0.3) is 0 Å². The van der Waals surface area contributed by atoms with Crippen LogP contribution in [0.1, 0.15) is 58.8 Å². The third-order valence-electron chi connectivity index (χ3n) is 4.52. The second-order valence-electron chi connectivity index (χ2n) is 6.05. The highest BCUT2D eigenvalue weighted by Gasteiger charge is 2.23. The number of hydrogen-bond donors (Lipinski definition) is 2. The fourth-order valence-corrected chi connectivity index (χ4v) is 3.27. The monoisotopic (exact) mass is 295 g/mol. The van der Waals surface area contributed by atoms with Crippen LogP contribution in [0.15, 0.2) is 48.5 Å². The van der Waals surface area contributed by atoms with Gasteiger partial charge >= 0.3 is 5.97 Å². The minimum absolute atomic E-state index is 0.344. The quantitative estimate of drug-likeness (QED) is 0.892. The summed E-state index contributed by atoms with van der Waals surface area (Å²) in [7, 11) is 0. The van der Waals surface area contributed by atoms with Crippen molar-refractivity contribution in [3.8, 4) is 0 Å². The molecule has 3 rings (SSSR count). The Labute approximate surface area is 131 Å². The van der Waals surface area contributed by atoms with E-state index in [4.69, 9.17) is 5.11 Å². The Bertz CT molecular complexity index is 681. The number of rotatable bonds is 4. The van der Waals surface area contributed by atoms with Crippen molar-refractivity contribution >= 4 is 5.97 Å². The van der Waals surface area contributed by atoms with Gasteiger partial charge in [-0.15, -0.1) is 0 Å². The Morgan fingerprint density at radius 1 is 1.14 bits per heavy atom. The molecule has 0 spiro atoms. The Hall–Kier alpha value is -2.13. The lowest BCUT2D eigenvalue weighted by Gasteiger charge is -2.30. The van der Waals surface area contributed by atoms with E-state index in [0.29, 0.717) is 24.1 Å². The molecule has 0 bridgehead atoms. The molecule has 0 aliphatic heterocycles. The Morgan fingerprint density at radius 3 is 2.68 bits per heavy atom. The van der Waals surface area contributed by atoms with Gasteiger partial charge in [0.1, 0.15) is 0 Å². The number of aromatic carboxylic acids is 1. The first-order valence-electron chi connectivity index (χ1n) is 7.79. The first-order valence-corrected chi connectivity index (χ1v) is 7.79. The van der Waals surface area contributed by atoms with Crippen LogP contribution >= 0.6 is 0 Å². The maximum Gasteiger partial charge on any atom is 0.335 e. The van der Waals surface area contributed by atoms with Gasteiger partial charge in [0, 0.05) is 12.6 Å². The van der Waals surface area contributed by atoms with E-state index < -0.39 is 5.97 Å². The number of carbonyl (C=O) groups is 1. The normalized spacial score (nSPS) is 20.4. The minimum Gasteiger partial charge on any atom is -0.478 e. The predicted molar refractivity (Wildman–Crippen MR) is 87.1 cm³/mol. The highest BCUT2D eigenvalue weighted by molar-refractivity contribution is 5.87. The van der Waals surface area contributed by atoms with E-state index >= 15 is 0 Å². The molecule has 0 saturated heterocycles. The summed E-state index contributed by atoms with van der Waals surface area (Å²) in [5.41, 5.74) is 4.18. The lowest BCUT2D eigenvalue weighted by Crippen LogP contribution is -2.26. The second-order valence-corrected chi connectivity index (χ2v) is 6.05. The average molecular weight is 295 g/mol. The zero-order valence-corrected chi connectivity index (χ0v) is 12.8. The van der Waals surface area contributed by atoms with Crippen LogP contribution in [0, 0.1) is 0 Å². The van der Waals surface area contributed by atoms with Gasteiger partial charge in [-0.2, -0.15) is 0 Å². The van der Waals surface area contributed by atoms with Gasteiger partial charge in [0.15, 0.2) is 0 Å². The maximum absolute atomic E-state index is 11.0. The van der Waals surface area contributed by atoms with Gasteiger partial charge in [-0.3, -0.25) is 0 Å². The smallest absolute Gasteiger partial charge is 0.335 e. The van der Waals surface area contributed by atoms with E-state index in [2.05, 4.69) is 36.5 Å². The van der Waals surface area contributed by atoms with Crippen LogP contribution < -0.4 is 5.32 Å². The molecule has 0 radical (unpaired) electrons. The molecule has 2 N–H and O–H groups in total. The Kier molecular flexibility index (Phi) is 4.25. The van der Waals surface area contributed by atoms with E-state index in [1.165, 1.54) is 17.5 Å². The van der Waals surface area contributed by atoms with Crippen molar-refractivity contribution in [2.75, 3.05) is 0 Å². The second kappa shape index (κ2) is 6.32. The fraction of sp³-hybridized carbons (Fsp3) is 0.316. The van der Waals surface area contributed by atoms with Crippen molar-refractivity contribution in [1.82, 2.24) is 5.32 Å². The lowest BCUT2D eigenvalue weighted by atomic mass is 9.81. The zero-order valence-electron chi connectivity index (χ0n) is 12.8. The molecular formula is C19H21NO2. The number of benzene rings is 2. The van der Waals surface area contributed by atoms with Crippen molar-refractivity contribution in [2.45, 2.75) is 38.3 Å². The molecule has 3 nitrogen and oxygen atoms in total. The third-order valence-corrected chi connectivity index (χ3v) is 4.52. The number of nitrogens with one attached hydrogen (secondary N) is 1. The molecule has 2 atom stereocenters. The van der Waals surface area contributed by atoms with E-state index in [0.717, 1.165) is 12.0 Å². The summed E-state index contributed by atoms with van der Waals surface area (Å²) in [6.07, 6.45) is 2.31. The Balaban J connectivity index is 1.74. The number of carboxylic acids is 1. The van der Waals surface area contributed by atoms with Crippen molar-refractivity contribution in [3.63, 3.8) is 0 Å². The summed E-state index contributed by atoms with van der Waals surface area (Å²) in [5, 5.41) is 12.7. The molecule has 1 aliphatic rings. The summed E-state index contributed by atoms with van der Waals surface area (Å²) in [4.78, 5) is 11.0. The first-order chi connectivity index (χ1) is 10.6. The molecular weight excluding hydrogens is 274 g/mol. The summed E-state index contributed by atoms with van der Waals surface area (Å²) in [5.74, 6) is -0.261. The largest absolute Gasteiger partial charge is 0.478 e. The lowest BCUT2D eigenvalue weighted by molar-refractivity contribution is 0.0696. The standard InChI is InChI=1S/C19H21NO2/c1-13-9-10-18(17-8-3-2-7-16(13)17)20-12-14-5-4-6-15(11-14)19(21)22/h2-8,11,13,18,20H,9-10,12H2,1H3,(H,21,22). The molecule has 0 heterocycles. The topological polar surface area (TPSA) is 49.3 Å². The molecule has 114 valence electrons. The summed E-state index contributed by atoms with van der Waals surface area (Å²) in [6.45, 7) is 2.97. The highest BCUT2D eigenvalue weighted by Crippen LogP contribution is 2.37. The van der Waals surface area contributed by atoms with Gasteiger partial charge in [0.2, 0.25) is 0 Å². The molecule has 0 amide bonds. The van der Waals surface area contributed by atoms with Crippen LogP contribution in [0.2, 0.25) is 0 Å². The van der Waals surface area contributed by atoms with Gasteiger partial charge in [0.25, 0.3) is 0 Å².